The summed E-state index contributed by atoms with van der Waals surface area (Å²) in [6, 6.07) is 27.2. The number of nitrogens with one attached hydrogen (secondary N) is 1. The van der Waals surface area contributed by atoms with Crippen LogP contribution in [0.2, 0.25) is 0 Å². The van der Waals surface area contributed by atoms with E-state index >= 15 is 0 Å². The molecule has 1 N–H and O–H groups in total. The van der Waals surface area contributed by atoms with Crippen molar-refractivity contribution in [3.63, 3.8) is 0 Å². The van der Waals surface area contributed by atoms with E-state index in [2.05, 4.69) is 20.6 Å². The summed E-state index contributed by atoms with van der Waals surface area (Å²) in [5.41, 5.74) is 3.76. The molecule has 0 atom stereocenters. The number of benzene rings is 3. The monoisotopic (exact) mass is 477 g/mol. The molecule has 3 aromatic carbocycles. The lowest BCUT2D eigenvalue weighted by Crippen LogP contribution is -2.29. The molecule has 0 spiro atoms. The molecule has 0 aliphatic rings. The van der Waals surface area contributed by atoms with E-state index in [0.29, 0.717) is 34.0 Å². The van der Waals surface area contributed by atoms with Crippen LogP contribution in [0.25, 0.3) is 17.0 Å². The molecule has 0 unspecified atom stereocenters. The quantitative estimate of drug-likeness (QED) is 0.266. The van der Waals surface area contributed by atoms with Crippen molar-refractivity contribution in [2.45, 2.75) is 6.92 Å². The van der Waals surface area contributed by atoms with Gasteiger partial charge >= 0.3 is 0 Å². The van der Waals surface area contributed by atoms with Gasteiger partial charge in [0, 0.05) is 22.8 Å². The molecule has 8 nitrogen and oxygen atoms in total. The van der Waals surface area contributed by atoms with Gasteiger partial charge in [0.2, 0.25) is 5.88 Å². The Labute approximate surface area is 207 Å². The van der Waals surface area contributed by atoms with Gasteiger partial charge < -0.3 is 10.1 Å². The van der Waals surface area contributed by atoms with Crippen molar-refractivity contribution in [1.82, 2.24) is 25.1 Å². The Balaban J connectivity index is 1.23. The molecule has 5 rings (SSSR count). The predicted octanol–water partition coefficient (Wildman–Crippen LogP) is 4.14. The van der Waals surface area contributed by atoms with Crippen LogP contribution in [0.3, 0.4) is 0 Å². The number of hydrogen-bond acceptors (Lipinski definition) is 6. The van der Waals surface area contributed by atoms with Crippen LogP contribution in [0.15, 0.2) is 91.0 Å². The minimum atomic E-state index is -0.344. The van der Waals surface area contributed by atoms with Crippen LogP contribution < -0.4 is 10.1 Å². The minimum Gasteiger partial charge on any atom is -0.475 e. The molecular weight excluding hydrogens is 454 g/mol. The zero-order valence-electron chi connectivity index (χ0n) is 19.6. The second kappa shape index (κ2) is 10.2. The zero-order valence-corrected chi connectivity index (χ0v) is 19.6. The van der Waals surface area contributed by atoms with Gasteiger partial charge in [-0.15, -0.1) is 15.3 Å². The van der Waals surface area contributed by atoms with Gasteiger partial charge in [-0.3, -0.25) is 9.59 Å². The SMILES string of the molecule is Cc1ccc(C(=O)c2ccccc2C(=O)NCCOc2ccc3nnc(-c4ccccc4)n3n2)cc1. The van der Waals surface area contributed by atoms with Gasteiger partial charge in [-0.1, -0.05) is 78.4 Å². The number of rotatable bonds is 8. The fourth-order valence-corrected chi connectivity index (χ4v) is 3.77. The summed E-state index contributed by atoms with van der Waals surface area (Å²) in [7, 11) is 0. The molecule has 0 aliphatic heterocycles. The topological polar surface area (TPSA) is 98.5 Å². The minimum absolute atomic E-state index is 0.196. The Morgan fingerprint density at radius 3 is 2.33 bits per heavy atom. The van der Waals surface area contributed by atoms with Crippen LogP contribution >= 0.6 is 0 Å². The number of ketones is 1. The molecule has 0 saturated carbocycles. The average Bonchev–Trinajstić information content (AvgIpc) is 3.35. The first-order valence-corrected chi connectivity index (χ1v) is 11.5. The Kier molecular flexibility index (Phi) is 6.48. The van der Waals surface area contributed by atoms with Crippen molar-refractivity contribution in [1.29, 1.82) is 0 Å². The Morgan fingerprint density at radius 1 is 0.833 bits per heavy atom. The van der Waals surface area contributed by atoms with E-state index in [1.54, 1.807) is 53.0 Å². The number of fused-ring (bicyclic) bond motifs is 1. The molecular formula is C28H23N5O3. The van der Waals surface area contributed by atoms with Gasteiger partial charge in [-0.05, 0) is 19.1 Å². The third-order valence-corrected chi connectivity index (χ3v) is 5.64. The van der Waals surface area contributed by atoms with Crippen molar-refractivity contribution >= 4 is 17.3 Å². The molecule has 0 radical (unpaired) electrons. The summed E-state index contributed by atoms with van der Waals surface area (Å²) in [5.74, 6) is 0.448. The van der Waals surface area contributed by atoms with Crippen molar-refractivity contribution in [2.75, 3.05) is 13.2 Å². The molecule has 0 fully saturated rings. The van der Waals surface area contributed by atoms with Gasteiger partial charge in [0.1, 0.15) is 6.61 Å². The Bertz CT molecular complexity index is 1530. The fourth-order valence-electron chi connectivity index (χ4n) is 3.77. The summed E-state index contributed by atoms with van der Waals surface area (Å²) >= 11 is 0. The Hall–Kier alpha value is -4.85. The molecule has 2 aromatic heterocycles. The highest BCUT2D eigenvalue weighted by atomic mass is 16.5. The number of amides is 1. The van der Waals surface area contributed by atoms with Gasteiger partial charge in [-0.2, -0.15) is 4.52 Å². The largest absolute Gasteiger partial charge is 0.475 e. The average molecular weight is 478 g/mol. The van der Waals surface area contributed by atoms with Gasteiger partial charge in [0.25, 0.3) is 5.91 Å². The number of nitrogens with zero attached hydrogens (tertiary/aromatic N) is 4. The highest BCUT2D eigenvalue weighted by Crippen LogP contribution is 2.19. The lowest BCUT2D eigenvalue weighted by Gasteiger charge is -2.11. The van der Waals surface area contributed by atoms with Crippen LogP contribution in [-0.4, -0.2) is 44.7 Å². The summed E-state index contributed by atoms with van der Waals surface area (Å²) < 4.78 is 7.37. The van der Waals surface area contributed by atoms with Gasteiger partial charge in [0.05, 0.1) is 12.1 Å². The summed E-state index contributed by atoms with van der Waals surface area (Å²) in [5, 5.41) is 15.7. The van der Waals surface area contributed by atoms with Crippen LogP contribution in [0.5, 0.6) is 5.88 Å². The zero-order chi connectivity index (χ0) is 24.9. The summed E-state index contributed by atoms with van der Waals surface area (Å²) in [6.45, 7) is 2.39. The summed E-state index contributed by atoms with van der Waals surface area (Å²) in [4.78, 5) is 25.8. The lowest BCUT2D eigenvalue weighted by molar-refractivity contribution is 0.0936. The second-order valence-electron chi connectivity index (χ2n) is 8.18. The molecule has 2 heterocycles. The maximum atomic E-state index is 13.0. The van der Waals surface area contributed by atoms with Crippen LogP contribution in [-0.2, 0) is 0 Å². The normalized spacial score (nSPS) is 10.8. The lowest BCUT2D eigenvalue weighted by atomic mass is 9.97. The van der Waals surface area contributed by atoms with Crippen LogP contribution in [0.4, 0.5) is 0 Å². The highest BCUT2D eigenvalue weighted by molar-refractivity contribution is 6.15. The number of hydrogen-bond donors (Lipinski definition) is 1. The van der Waals surface area contributed by atoms with E-state index in [-0.39, 0.29) is 24.8 Å². The fraction of sp³-hybridized carbons (Fsp3) is 0.107. The molecule has 0 aliphatic carbocycles. The van der Waals surface area contributed by atoms with Crippen LogP contribution in [0.1, 0.15) is 31.8 Å². The second-order valence-corrected chi connectivity index (χ2v) is 8.18. The van der Waals surface area contributed by atoms with Crippen molar-refractivity contribution in [3.05, 3.63) is 113 Å². The van der Waals surface area contributed by atoms with E-state index in [9.17, 15) is 9.59 Å². The number of carbonyl (C=O) groups is 2. The predicted molar refractivity (Wildman–Crippen MR) is 135 cm³/mol. The molecule has 5 aromatic rings. The van der Waals surface area contributed by atoms with Crippen molar-refractivity contribution < 1.29 is 14.3 Å². The summed E-state index contributed by atoms with van der Waals surface area (Å²) in [6.07, 6.45) is 0. The molecule has 8 heteroatoms. The standard InChI is InChI=1S/C28H23N5O3/c1-19-11-13-20(14-12-19)26(34)22-9-5-6-10-23(22)28(35)29-17-18-36-25-16-15-24-30-31-27(33(24)32-25)21-7-3-2-4-8-21/h2-16H,17-18H2,1H3,(H,29,35). The third kappa shape index (κ3) is 4.83. The van der Waals surface area contributed by atoms with Gasteiger partial charge in [-0.25, -0.2) is 0 Å². The number of carbonyl (C=O) groups excluding carboxylic acids is 2. The highest BCUT2D eigenvalue weighted by Gasteiger charge is 2.18. The molecule has 0 saturated heterocycles. The Morgan fingerprint density at radius 2 is 1.56 bits per heavy atom. The smallest absolute Gasteiger partial charge is 0.252 e. The van der Waals surface area contributed by atoms with Crippen molar-refractivity contribution in [2.24, 2.45) is 0 Å². The first-order valence-electron chi connectivity index (χ1n) is 11.5. The molecule has 1 amide bonds. The first kappa shape index (κ1) is 22.9. The van der Waals surface area contributed by atoms with E-state index < -0.39 is 0 Å². The third-order valence-electron chi connectivity index (χ3n) is 5.64. The van der Waals surface area contributed by atoms with Crippen LogP contribution in [0, 0.1) is 6.92 Å². The number of aryl methyl sites for hydroxylation is 1. The van der Waals surface area contributed by atoms with E-state index in [4.69, 9.17) is 4.74 Å². The number of aromatic nitrogens is 4. The van der Waals surface area contributed by atoms with Gasteiger partial charge in [0.15, 0.2) is 17.3 Å². The number of ether oxygens (including phenoxy) is 1. The first-order chi connectivity index (χ1) is 17.6. The maximum absolute atomic E-state index is 13.0. The molecule has 0 bridgehead atoms. The maximum Gasteiger partial charge on any atom is 0.252 e. The van der Waals surface area contributed by atoms with E-state index in [1.165, 1.54) is 0 Å². The van der Waals surface area contributed by atoms with Crippen molar-refractivity contribution in [3.8, 4) is 17.3 Å². The van der Waals surface area contributed by atoms with E-state index in [0.717, 1.165) is 11.1 Å². The molecule has 178 valence electrons. The van der Waals surface area contributed by atoms with E-state index in [1.807, 2.05) is 49.4 Å². The molecule has 36 heavy (non-hydrogen) atoms.